The molecule has 21 heavy (non-hydrogen) atoms. The fourth-order valence-electron chi connectivity index (χ4n) is 1.85. The van der Waals surface area contributed by atoms with Crippen LogP contribution in [-0.4, -0.2) is 18.5 Å². The summed E-state index contributed by atoms with van der Waals surface area (Å²) in [6, 6.07) is 16.2. The molecule has 0 heterocycles. The lowest BCUT2D eigenvalue weighted by atomic mass is 10.1. The molecule has 0 aliphatic rings. The zero-order valence-electron chi connectivity index (χ0n) is 11.8. The lowest BCUT2D eigenvalue weighted by molar-refractivity contribution is -0.119. The van der Waals surface area contributed by atoms with Crippen molar-refractivity contribution in [2.45, 2.75) is 13.3 Å². The highest BCUT2D eigenvalue weighted by molar-refractivity contribution is 5.95. The fraction of sp³-hybridized carbons (Fsp3) is 0.176. The Morgan fingerprint density at radius 1 is 1.05 bits per heavy atom. The number of hydrogen-bond donors (Lipinski definition) is 1. The molecule has 0 fully saturated rings. The van der Waals surface area contributed by atoms with E-state index in [2.05, 4.69) is 5.32 Å². The number of benzene rings is 2. The number of amides is 1. The summed E-state index contributed by atoms with van der Waals surface area (Å²) in [5.41, 5.74) is 2.27. The smallest absolute Gasteiger partial charge is 0.338 e. The van der Waals surface area contributed by atoms with Gasteiger partial charge in [-0.1, -0.05) is 37.3 Å². The molecule has 4 heteroatoms. The summed E-state index contributed by atoms with van der Waals surface area (Å²) in [7, 11) is 0. The maximum atomic E-state index is 11.8. The second kappa shape index (κ2) is 7.24. The summed E-state index contributed by atoms with van der Waals surface area (Å²) >= 11 is 0. The second-order valence-electron chi connectivity index (χ2n) is 4.54. The molecule has 0 bridgehead atoms. The van der Waals surface area contributed by atoms with Crippen LogP contribution in [0.1, 0.15) is 22.8 Å². The van der Waals surface area contributed by atoms with Gasteiger partial charge in [0.25, 0.3) is 5.91 Å². The number of carbonyl (C=O) groups excluding carboxylic acids is 2. The number of carbonyl (C=O) groups is 2. The lowest BCUT2D eigenvalue weighted by Crippen LogP contribution is -2.20. The molecule has 2 aromatic rings. The third kappa shape index (κ3) is 4.45. The summed E-state index contributed by atoms with van der Waals surface area (Å²) < 4.78 is 4.97. The third-order valence-electron chi connectivity index (χ3n) is 2.96. The van der Waals surface area contributed by atoms with Crippen molar-refractivity contribution in [3.05, 3.63) is 65.7 Å². The van der Waals surface area contributed by atoms with Gasteiger partial charge in [0.15, 0.2) is 6.61 Å². The lowest BCUT2D eigenvalue weighted by Gasteiger charge is -2.07. The highest BCUT2D eigenvalue weighted by atomic mass is 16.5. The highest BCUT2D eigenvalue weighted by Gasteiger charge is 2.09. The van der Waals surface area contributed by atoms with Crippen LogP contribution in [0, 0.1) is 0 Å². The van der Waals surface area contributed by atoms with Gasteiger partial charge in [-0.2, -0.15) is 0 Å². The Bertz CT molecular complexity index is 623. The van der Waals surface area contributed by atoms with E-state index in [1.165, 1.54) is 0 Å². The zero-order valence-corrected chi connectivity index (χ0v) is 11.8. The van der Waals surface area contributed by atoms with Crippen LogP contribution in [0.2, 0.25) is 0 Å². The molecule has 0 aliphatic carbocycles. The number of esters is 1. The first-order valence-electron chi connectivity index (χ1n) is 6.80. The van der Waals surface area contributed by atoms with Crippen molar-refractivity contribution in [1.82, 2.24) is 0 Å². The maximum absolute atomic E-state index is 11.8. The van der Waals surface area contributed by atoms with Gasteiger partial charge in [0, 0.05) is 5.69 Å². The average Bonchev–Trinajstić information content (AvgIpc) is 2.53. The van der Waals surface area contributed by atoms with Crippen LogP contribution in [0.15, 0.2) is 54.6 Å². The predicted molar refractivity (Wildman–Crippen MR) is 81.2 cm³/mol. The Balaban J connectivity index is 1.86. The van der Waals surface area contributed by atoms with E-state index in [0.29, 0.717) is 11.3 Å². The first kappa shape index (κ1) is 14.8. The Kier molecular flexibility index (Phi) is 5.10. The van der Waals surface area contributed by atoms with Gasteiger partial charge in [-0.25, -0.2) is 4.79 Å². The van der Waals surface area contributed by atoms with E-state index < -0.39 is 5.97 Å². The molecule has 0 unspecified atom stereocenters. The van der Waals surface area contributed by atoms with Crippen LogP contribution in [0.25, 0.3) is 0 Å². The minimum Gasteiger partial charge on any atom is -0.452 e. The molecule has 1 N–H and O–H groups in total. The van der Waals surface area contributed by atoms with Gasteiger partial charge >= 0.3 is 5.97 Å². The molecule has 2 aromatic carbocycles. The highest BCUT2D eigenvalue weighted by Crippen LogP contribution is 2.11. The number of anilines is 1. The van der Waals surface area contributed by atoms with Crippen LogP contribution >= 0.6 is 0 Å². The second-order valence-corrected chi connectivity index (χ2v) is 4.54. The van der Waals surface area contributed by atoms with Crippen LogP contribution in [0.3, 0.4) is 0 Å². The van der Waals surface area contributed by atoms with Gasteiger partial charge in [0.05, 0.1) is 5.56 Å². The number of hydrogen-bond acceptors (Lipinski definition) is 3. The molecular weight excluding hydrogens is 266 g/mol. The molecule has 4 nitrogen and oxygen atoms in total. The molecule has 0 aliphatic heterocycles. The number of rotatable bonds is 5. The van der Waals surface area contributed by atoms with E-state index in [1.807, 2.05) is 31.2 Å². The summed E-state index contributed by atoms with van der Waals surface area (Å²) in [6.45, 7) is 1.74. The van der Waals surface area contributed by atoms with E-state index in [1.54, 1.807) is 30.3 Å². The first-order valence-corrected chi connectivity index (χ1v) is 6.80. The molecular formula is C17H17NO3. The summed E-state index contributed by atoms with van der Waals surface area (Å²) in [5.74, 6) is -0.861. The molecule has 0 atom stereocenters. The number of aryl methyl sites for hydroxylation is 1. The topological polar surface area (TPSA) is 55.4 Å². The van der Waals surface area contributed by atoms with E-state index in [4.69, 9.17) is 4.74 Å². The SMILES string of the molecule is CCc1cccc(NC(=O)COC(=O)c2ccccc2)c1. The normalized spacial score (nSPS) is 9.95. The zero-order chi connectivity index (χ0) is 15.1. The van der Waals surface area contributed by atoms with Crippen molar-refractivity contribution >= 4 is 17.6 Å². The minimum atomic E-state index is -0.506. The molecule has 108 valence electrons. The van der Waals surface area contributed by atoms with Crippen LogP contribution in [0.5, 0.6) is 0 Å². The van der Waals surface area contributed by atoms with Crippen molar-refractivity contribution in [2.24, 2.45) is 0 Å². The van der Waals surface area contributed by atoms with Crippen molar-refractivity contribution in [3.63, 3.8) is 0 Å². The molecule has 2 rings (SSSR count). The van der Waals surface area contributed by atoms with E-state index in [9.17, 15) is 9.59 Å². The average molecular weight is 283 g/mol. The van der Waals surface area contributed by atoms with Gasteiger partial charge in [0.2, 0.25) is 0 Å². The van der Waals surface area contributed by atoms with E-state index in [0.717, 1.165) is 12.0 Å². The first-order chi connectivity index (χ1) is 10.2. The van der Waals surface area contributed by atoms with Crippen LogP contribution in [-0.2, 0) is 16.0 Å². The summed E-state index contributed by atoms with van der Waals surface area (Å²) in [5, 5.41) is 2.71. The van der Waals surface area contributed by atoms with Gasteiger partial charge in [-0.3, -0.25) is 4.79 Å². The maximum Gasteiger partial charge on any atom is 0.338 e. The standard InChI is InChI=1S/C17H17NO3/c1-2-13-7-6-10-15(11-13)18-16(19)12-21-17(20)14-8-4-3-5-9-14/h3-11H,2,12H2,1H3,(H,18,19). The van der Waals surface area contributed by atoms with Crippen molar-refractivity contribution in [3.8, 4) is 0 Å². The Labute approximate surface area is 123 Å². The fourth-order valence-corrected chi connectivity index (χ4v) is 1.85. The van der Waals surface area contributed by atoms with Gasteiger partial charge in [0.1, 0.15) is 0 Å². The summed E-state index contributed by atoms with van der Waals surface area (Å²) in [6.07, 6.45) is 0.896. The van der Waals surface area contributed by atoms with Gasteiger partial charge in [-0.05, 0) is 36.2 Å². The number of ether oxygens (including phenoxy) is 1. The van der Waals surface area contributed by atoms with Gasteiger partial charge < -0.3 is 10.1 Å². The molecule has 0 saturated carbocycles. The Morgan fingerprint density at radius 3 is 2.52 bits per heavy atom. The third-order valence-corrected chi connectivity index (χ3v) is 2.96. The number of nitrogens with one attached hydrogen (secondary N) is 1. The van der Waals surface area contributed by atoms with E-state index in [-0.39, 0.29) is 12.5 Å². The molecule has 1 amide bonds. The van der Waals surface area contributed by atoms with Crippen molar-refractivity contribution < 1.29 is 14.3 Å². The molecule has 0 saturated heterocycles. The van der Waals surface area contributed by atoms with Crippen LogP contribution in [0.4, 0.5) is 5.69 Å². The minimum absolute atomic E-state index is 0.302. The molecule has 0 aromatic heterocycles. The van der Waals surface area contributed by atoms with Crippen molar-refractivity contribution in [2.75, 3.05) is 11.9 Å². The summed E-state index contributed by atoms with van der Waals surface area (Å²) in [4.78, 5) is 23.5. The molecule has 0 spiro atoms. The Morgan fingerprint density at radius 2 is 1.81 bits per heavy atom. The van der Waals surface area contributed by atoms with Crippen LogP contribution < -0.4 is 5.32 Å². The monoisotopic (exact) mass is 283 g/mol. The predicted octanol–water partition coefficient (Wildman–Crippen LogP) is 3.04. The van der Waals surface area contributed by atoms with Gasteiger partial charge in [-0.15, -0.1) is 0 Å². The largest absolute Gasteiger partial charge is 0.452 e. The molecule has 0 radical (unpaired) electrons. The quantitative estimate of drug-likeness (QED) is 0.858. The Hall–Kier alpha value is -2.62. The van der Waals surface area contributed by atoms with Crippen molar-refractivity contribution in [1.29, 1.82) is 0 Å². The van der Waals surface area contributed by atoms with E-state index >= 15 is 0 Å².